The summed E-state index contributed by atoms with van der Waals surface area (Å²) >= 11 is 0. The minimum Gasteiger partial charge on any atom is -0.507 e. The number of phenolic OH excluding ortho intramolecular Hbond substituents is 1. The molecule has 0 amide bonds. The number of hydrogen-bond acceptors (Lipinski definition) is 6. The van der Waals surface area contributed by atoms with Crippen molar-refractivity contribution in [2.75, 3.05) is 11.9 Å². The Morgan fingerprint density at radius 3 is 2.25 bits per heavy atom. The van der Waals surface area contributed by atoms with Gasteiger partial charge in [-0.25, -0.2) is 0 Å². The fourth-order valence-corrected chi connectivity index (χ4v) is 5.21. The van der Waals surface area contributed by atoms with Crippen molar-refractivity contribution in [1.82, 2.24) is 20.8 Å². The number of aromatic nitrogens is 2. The third-order valence-corrected chi connectivity index (χ3v) is 6.62. The summed E-state index contributed by atoms with van der Waals surface area (Å²) in [6.45, 7) is 11.1. The Bertz CT molecular complexity index is 1020. The van der Waals surface area contributed by atoms with Crippen molar-refractivity contribution in [1.29, 1.82) is 0 Å². The summed E-state index contributed by atoms with van der Waals surface area (Å²) in [5.41, 5.74) is 2.11. The van der Waals surface area contributed by atoms with E-state index < -0.39 is 0 Å². The highest BCUT2D eigenvalue weighted by atomic mass is 16.3. The number of phenols is 1. The Morgan fingerprint density at radius 2 is 1.69 bits per heavy atom. The lowest BCUT2D eigenvalue weighted by Crippen LogP contribution is -2.62. The molecular weight excluding hydrogens is 398 g/mol. The van der Waals surface area contributed by atoms with E-state index >= 15 is 0 Å². The number of aromatic hydroxyl groups is 1. The number of allylic oxidation sites excluding steroid dienone is 2. The number of hydrogen-bond donors (Lipinski definition) is 3. The standard InChI is InChI=1S/C26H35N5O/c1-24(2)16-19(17-25(3,4)30-24)31(6)23-12-11-21(28-29-23)20-10-9-18(15-22(20)32)26(5)13-7-8-14-27-26/h7-15,19,27,30,32H,16-17H2,1-6H3. The van der Waals surface area contributed by atoms with Crippen LogP contribution in [0.4, 0.5) is 5.82 Å². The van der Waals surface area contributed by atoms with Crippen molar-refractivity contribution in [3.05, 3.63) is 60.3 Å². The number of nitrogens with zero attached hydrogens (tertiary/aromatic N) is 3. The maximum atomic E-state index is 10.7. The van der Waals surface area contributed by atoms with Gasteiger partial charge < -0.3 is 20.6 Å². The molecular formula is C26H35N5O. The monoisotopic (exact) mass is 433 g/mol. The van der Waals surface area contributed by atoms with E-state index in [1.807, 2.05) is 42.6 Å². The quantitative estimate of drug-likeness (QED) is 0.660. The first kappa shape index (κ1) is 22.3. The van der Waals surface area contributed by atoms with Crippen LogP contribution in [0, 0.1) is 0 Å². The molecule has 0 radical (unpaired) electrons. The van der Waals surface area contributed by atoms with E-state index in [0.29, 0.717) is 17.3 Å². The summed E-state index contributed by atoms with van der Waals surface area (Å²) in [5, 5.41) is 26.8. The van der Waals surface area contributed by atoms with E-state index in [4.69, 9.17) is 0 Å². The fraction of sp³-hybridized carbons (Fsp3) is 0.462. The molecule has 1 aromatic carbocycles. The van der Waals surface area contributed by atoms with Gasteiger partial charge >= 0.3 is 0 Å². The Balaban J connectivity index is 1.54. The molecule has 4 rings (SSSR count). The van der Waals surface area contributed by atoms with E-state index in [0.717, 1.165) is 24.2 Å². The van der Waals surface area contributed by atoms with Gasteiger partial charge in [-0.15, -0.1) is 10.2 Å². The molecule has 3 N–H and O–H groups in total. The molecule has 1 fully saturated rings. The average molecular weight is 434 g/mol. The van der Waals surface area contributed by atoms with Gasteiger partial charge in [0.1, 0.15) is 5.75 Å². The second-order valence-corrected chi connectivity index (χ2v) is 10.6. The molecule has 2 aliphatic rings. The number of rotatable bonds is 4. The molecule has 6 heteroatoms. The molecule has 0 bridgehead atoms. The summed E-state index contributed by atoms with van der Waals surface area (Å²) in [5.74, 6) is 1.05. The first-order chi connectivity index (χ1) is 15.0. The summed E-state index contributed by atoms with van der Waals surface area (Å²) in [4.78, 5) is 2.24. The zero-order chi connectivity index (χ0) is 23.1. The molecule has 6 nitrogen and oxygen atoms in total. The molecule has 0 spiro atoms. The summed E-state index contributed by atoms with van der Waals surface area (Å²) < 4.78 is 0. The van der Waals surface area contributed by atoms with Crippen molar-refractivity contribution in [3.63, 3.8) is 0 Å². The van der Waals surface area contributed by atoms with Crippen LogP contribution in [0.5, 0.6) is 5.75 Å². The number of anilines is 1. The molecule has 1 aromatic heterocycles. The van der Waals surface area contributed by atoms with Crippen LogP contribution in [0.2, 0.25) is 0 Å². The number of nitrogens with one attached hydrogen (secondary N) is 2. The molecule has 2 aromatic rings. The van der Waals surface area contributed by atoms with E-state index in [9.17, 15) is 5.11 Å². The number of dihydropyridines is 1. The van der Waals surface area contributed by atoms with Crippen molar-refractivity contribution < 1.29 is 5.11 Å². The van der Waals surface area contributed by atoms with Crippen LogP contribution >= 0.6 is 0 Å². The Hall–Kier alpha value is -2.86. The molecule has 1 atom stereocenters. The maximum Gasteiger partial charge on any atom is 0.151 e. The second kappa shape index (κ2) is 7.93. The minimum absolute atomic E-state index is 0.0659. The lowest BCUT2D eigenvalue weighted by molar-refractivity contribution is 0.160. The highest BCUT2D eigenvalue weighted by Gasteiger charge is 2.39. The van der Waals surface area contributed by atoms with E-state index in [-0.39, 0.29) is 22.4 Å². The SMILES string of the molecule is CN(c1ccc(-c2ccc(C3(C)C=CC=CN3)cc2O)nn1)C1CC(C)(C)NC(C)(C)C1. The van der Waals surface area contributed by atoms with Crippen LogP contribution in [-0.4, -0.2) is 39.5 Å². The zero-order valence-electron chi connectivity index (χ0n) is 20.0. The van der Waals surface area contributed by atoms with Gasteiger partial charge in [-0.2, -0.15) is 0 Å². The Morgan fingerprint density at radius 1 is 0.969 bits per heavy atom. The molecule has 0 aliphatic carbocycles. The number of benzene rings is 1. The number of piperidine rings is 1. The zero-order valence-corrected chi connectivity index (χ0v) is 20.0. The average Bonchev–Trinajstić information content (AvgIpc) is 2.72. The lowest BCUT2D eigenvalue weighted by Gasteiger charge is -2.49. The predicted octanol–water partition coefficient (Wildman–Crippen LogP) is 4.48. The van der Waals surface area contributed by atoms with E-state index in [1.54, 1.807) is 6.07 Å². The van der Waals surface area contributed by atoms with Gasteiger partial charge in [0.05, 0.1) is 11.2 Å². The highest BCUT2D eigenvalue weighted by Crippen LogP contribution is 2.35. The molecule has 0 saturated carbocycles. The fourth-order valence-electron chi connectivity index (χ4n) is 5.21. The smallest absolute Gasteiger partial charge is 0.151 e. The topological polar surface area (TPSA) is 73.3 Å². The van der Waals surface area contributed by atoms with Crippen molar-refractivity contribution in [3.8, 4) is 17.0 Å². The minimum atomic E-state index is -0.348. The third kappa shape index (κ3) is 4.51. The summed E-state index contributed by atoms with van der Waals surface area (Å²) in [6, 6.07) is 10.0. The van der Waals surface area contributed by atoms with Crippen LogP contribution in [0.25, 0.3) is 11.3 Å². The molecule has 3 heterocycles. The van der Waals surface area contributed by atoms with Gasteiger partial charge in [0, 0.05) is 29.7 Å². The van der Waals surface area contributed by atoms with Crippen molar-refractivity contribution in [2.24, 2.45) is 0 Å². The van der Waals surface area contributed by atoms with Crippen LogP contribution < -0.4 is 15.5 Å². The van der Waals surface area contributed by atoms with E-state index in [2.05, 4.69) is 73.5 Å². The molecule has 1 unspecified atom stereocenters. The maximum absolute atomic E-state index is 10.7. The van der Waals surface area contributed by atoms with Gasteiger partial charge in [0.15, 0.2) is 5.82 Å². The van der Waals surface area contributed by atoms with Crippen LogP contribution in [-0.2, 0) is 5.54 Å². The normalized spacial score (nSPS) is 24.2. The second-order valence-electron chi connectivity index (χ2n) is 10.6. The van der Waals surface area contributed by atoms with Crippen LogP contribution in [0.3, 0.4) is 0 Å². The first-order valence-electron chi connectivity index (χ1n) is 11.3. The predicted molar refractivity (Wildman–Crippen MR) is 131 cm³/mol. The Kier molecular flexibility index (Phi) is 5.53. The molecule has 32 heavy (non-hydrogen) atoms. The van der Waals surface area contributed by atoms with Gasteiger partial charge in [-0.1, -0.05) is 18.2 Å². The Labute approximate surface area is 191 Å². The largest absolute Gasteiger partial charge is 0.507 e. The van der Waals surface area contributed by atoms with Crippen LogP contribution in [0.1, 0.15) is 53.0 Å². The van der Waals surface area contributed by atoms with Crippen molar-refractivity contribution in [2.45, 2.75) is 70.1 Å². The van der Waals surface area contributed by atoms with Crippen molar-refractivity contribution >= 4 is 5.82 Å². The summed E-state index contributed by atoms with van der Waals surface area (Å²) in [6.07, 6.45) is 10.0. The molecule has 170 valence electrons. The first-order valence-corrected chi connectivity index (χ1v) is 11.3. The van der Waals surface area contributed by atoms with Gasteiger partial charge in [-0.05, 0) is 89.6 Å². The van der Waals surface area contributed by atoms with E-state index in [1.165, 1.54) is 0 Å². The summed E-state index contributed by atoms with van der Waals surface area (Å²) in [7, 11) is 2.10. The van der Waals surface area contributed by atoms with Gasteiger partial charge in [0.2, 0.25) is 0 Å². The molecule has 1 saturated heterocycles. The van der Waals surface area contributed by atoms with Gasteiger partial charge in [-0.3, -0.25) is 0 Å². The lowest BCUT2D eigenvalue weighted by atomic mass is 9.79. The third-order valence-electron chi connectivity index (χ3n) is 6.62. The molecule has 2 aliphatic heterocycles. The highest BCUT2D eigenvalue weighted by molar-refractivity contribution is 5.68. The van der Waals surface area contributed by atoms with Gasteiger partial charge in [0.25, 0.3) is 0 Å². The van der Waals surface area contributed by atoms with Crippen LogP contribution in [0.15, 0.2) is 54.8 Å².